The minimum atomic E-state index is -1.02. The van der Waals surface area contributed by atoms with Crippen LogP contribution in [0.15, 0.2) is 30.3 Å². The lowest BCUT2D eigenvalue weighted by atomic mass is 10.2. The molecule has 0 fully saturated rings. The van der Waals surface area contributed by atoms with Gasteiger partial charge in [0.15, 0.2) is 18.2 Å². The molecule has 0 aliphatic rings. The van der Waals surface area contributed by atoms with Crippen molar-refractivity contribution < 1.29 is 32.6 Å². The highest BCUT2D eigenvalue weighted by molar-refractivity contribution is 6.30. The SMILES string of the molecule is O=C(CCC(O)CNC(=O)COc1ccc(Cl)c(F)c1)NCc1nc2cc(F)c(F)cc2[nH]1. The highest BCUT2D eigenvalue weighted by atomic mass is 35.5. The Morgan fingerprint density at radius 1 is 1.09 bits per heavy atom. The van der Waals surface area contributed by atoms with Crippen molar-refractivity contribution in [3.63, 3.8) is 0 Å². The topological polar surface area (TPSA) is 116 Å². The van der Waals surface area contributed by atoms with E-state index in [9.17, 15) is 27.9 Å². The molecule has 33 heavy (non-hydrogen) atoms. The summed E-state index contributed by atoms with van der Waals surface area (Å²) in [4.78, 5) is 30.6. The van der Waals surface area contributed by atoms with Gasteiger partial charge in [0.2, 0.25) is 5.91 Å². The van der Waals surface area contributed by atoms with E-state index in [1.807, 2.05) is 0 Å². The first-order valence-electron chi connectivity index (χ1n) is 9.84. The van der Waals surface area contributed by atoms with E-state index in [1.54, 1.807) is 0 Å². The number of hydrogen-bond donors (Lipinski definition) is 4. The summed E-state index contributed by atoms with van der Waals surface area (Å²) in [6, 6.07) is 5.69. The third-order valence-corrected chi connectivity index (χ3v) is 4.83. The Morgan fingerprint density at radius 2 is 1.85 bits per heavy atom. The van der Waals surface area contributed by atoms with Gasteiger partial charge in [-0.2, -0.15) is 0 Å². The van der Waals surface area contributed by atoms with Crippen molar-refractivity contribution in [2.45, 2.75) is 25.5 Å². The summed E-state index contributed by atoms with van der Waals surface area (Å²) < 4.78 is 44.9. The Balaban J connectivity index is 1.33. The number of carbonyl (C=O) groups is 2. The summed E-state index contributed by atoms with van der Waals surface area (Å²) in [7, 11) is 0. The van der Waals surface area contributed by atoms with Gasteiger partial charge in [0.1, 0.15) is 17.4 Å². The molecule has 2 aromatic carbocycles. The van der Waals surface area contributed by atoms with Crippen LogP contribution in [0, 0.1) is 17.5 Å². The fraction of sp³-hybridized carbons (Fsp3) is 0.286. The lowest BCUT2D eigenvalue weighted by molar-refractivity contribution is -0.123. The highest BCUT2D eigenvalue weighted by Gasteiger charge is 2.13. The minimum absolute atomic E-state index is 0.00616. The molecule has 1 atom stereocenters. The molecule has 1 heterocycles. The number of hydrogen-bond acceptors (Lipinski definition) is 5. The van der Waals surface area contributed by atoms with Crippen molar-refractivity contribution in [1.29, 1.82) is 0 Å². The Hall–Kier alpha value is -3.31. The number of halogens is 4. The van der Waals surface area contributed by atoms with E-state index in [1.165, 1.54) is 12.1 Å². The zero-order valence-corrected chi connectivity index (χ0v) is 17.9. The molecular weight excluding hydrogens is 465 g/mol. The van der Waals surface area contributed by atoms with Gasteiger partial charge in [-0.15, -0.1) is 0 Å². The number of ether oxygens (including phenoxy) is 1. The van der Waals surface area contributed by atoms with Gasteiger partial charge in [-0.05, 0) is 18.6 Å². The van der Waals surface area contributed by atoms with Crippen LogP contribution in [0.2, 0.25) is 5.02 Å². The van der Waals surface area contributed by atoms with E-state index in [0.717, 1.165) is 18.2 Å². The number of carbonyl (C=O) groups excluding carboxylic acids is 2. The van der Waals surface area contributed by atoms with Crippen LogP contribution in [0.25, 0.3) is 11.0 Å². The molecule has 8 nitrogen and oxygen atoms in total. The first-order valence-corrected chi connectivity index (χ1v) is 10.2. The van der Waals surface area contributed by atoms with Crippen LogP contribution in [-0.2, 0) is 16.1 Å². The fourth-order valence-corrected chi connectivity index (χ4v) is 2.93. The molecular formula is C21H20ClF3N4O4. The van der Waals surface area contributed by atoms with Crippen molar-refractivity contribution in [2.24, 2.45) is 0 Å². The maximum absolute atomic E-state index is 13.3. The molecule has 2 amide bonds. The van der Waals surface area contributed by atoms with Crippen LogP contribution < -0.4 is 15.4 Å². The Bertz CT molecular complexity index is 1120. The standard InChI is InChI=1S/C21H20ClF3N4O4/c22-13-3-2-12(5-14(13)23)33-10-21(32)26-8-11(30)1-4-20(31)27-9-19-28-17-6-15(24)16(25)7-18(17)29-19/h2-3,5-7,11,30H,1,4,8-10H2,(H,26,32)(H,27,31)(H,28,29). The van der Waals surface area contributed by atoms with Gasteiger partial charge in [-0.3, -0.25) is 9.59 Å². The van der Waals surface area contributed by atoms with Crippen LogP contribution in [0.4, 0.5) is 13.2 Å². The van der Waals surface area contributed by atoms with Gasteiger partial charge in [-0.1, -0.05) is 11.6 Å². The lowest BCUT2D eigenvalue weighted by Crippen LogP contribution is -2.36. The number of aliphatic hydroxyl groups is 1. The van der Waals surface area contributed by atoms with E-state index in [2.05, 4.69) is 20.6 Å². The first kappa shape index (κ1) is 24.3. The normalized spacial score (nSPS) is 11.9. The third kappa shape index (κ3) is 7.09. The zero-order valence-electron chi connectivity index (χ0n) is 17.1. The van der Waals surface area contributed by atoms with E-state index < -0.39 is 29.5 Å². The maximum Gasteiger partial charge on any atom is 0.258 e. The molecule has 4 N–H and O–H groups in total. The van der Waals surface area contributed by atoms with Crippen molar-refractivity contribution >= 4 is 34.4 Å². The molecule has 0 saturated carbocycles. The quantitative estimate of drug-likeness (QED) is 0.353. The summed E-state index contributed by atoms with van der Waals surface area (Å²) in [5.74, 6) is -3.17. The first-order chi connectivity index (χ1) is 15.7. The average Bonchev–Trinajstić information content (AvgIpc) is 3.17. The zero-order chi connectivity index (χ0) is 24.0. The molecule has 176 valence electrons. The van der Waals surface area contributed by atoms with Gasteiger partial charge in [0.05, 0.1) is 28.7 Å². The molecule has 12 heteroatoms. The number of nitrogens with one attached hydrogen (secondary N) is 3. The molecule has 0 spiro atoms. The van der Waals surface area contributed by atoms with Gasteiger partial charge in [-0.25, -0.2) is 18.2 Å². The summed E-state index contributed by atoms with van der Waals surface area (Å²) in [6.07, 6.45) is -0.933. The van der Waals surface area contributed by atoms with Crippen molar-refractivity contribution in [3.05, 3.63) is 58.6 Å². The number of fused-ring (bicyclic) bond motifs is 1. The number of benzene rings is 2. The molecule has 3 aromatic rings. The fourth-order valence-electron chi connectivity index (χ4n) is 2.81. The second-order valence-corrected chi connectivity index (χ2v) is 7.51. The largest absolute Gasteiger partial charge is 0.484 e. The van der Waals surface area contributed by atoms with Crippen LogP contribution in [0.5, 0.6) is 5.75 Å². The molecule has 1 unspecified atom stereocenters. The van der Waals surface area contributed by atoms with Crippen LogP contribution >= 0.6 is 11.6 Å². The number of nitrogens with zero attached hydrogens (tertiary/aromatic N) is 1. The van der Waals surface area contributed by atoms with E-state index in [-0.39, 0.29) is 54.7 Å². The van der Waals surface area contributed by atoms with Crippen LogP contribution in [0.3, 0.4) is 0 Å². The Kier molecular flexibility index (Phi) is 8.12. The predicted octanol–water partition coefficient (Wildman–Crippen LogP) is 2.59. The molecule has 0 bridgehead atoms. The highest BCUT2D eigenvalue weighted by Crippen LogP contribution is 2.20. The molecule has 3 rings (SSSR count). The molecule has 0 aliphatic heterocycles. The molecule has 0 saturated heterocycles. The monoisotopic (exact) mass is 484 g/mol. The van der Waals surface area contributed by atoms with Crippen molar-refractivity contribution in [1.82, 2.24) is 20.6 Å². The molecule has 1 aromatic heterocycles. The average molecular weight is 485 g/mol. The summed E-state index contributed by atoms with van der Waals surface area (Å²) >= 11 is 5.56. The predicted molar refractivity (Wildman–Crippen MR) is 113 cm³/mol. The van der Waals surface area contributed by atoms with E-state index in [4.69, 9.17) is 16.3 Å². The van der Waals surface area contributed by atoms with Crippen molar-refractivity contribution in [2.75, 3.05) is 13.2 Å². The summed E-state index contributed by atoms with van der Waals surface area (Å²) in [5, 5.41) is 14.9. The number of aromatic nitrogens is 2. The number of aliphatic hydroxyl groups excluding tert-OH is 1. The van der Waals surface area contributed by atoms with Crippen molar-refractivity contribution in [3.8, 4) is 5.75 Å². The Morgan fingerprint density at radius 3 is 2.61 bits per heavy atom. The number of rotatable bonds is 10. The number of aromatic amines is 1. The van der Waals surface area contributed by atoms with E-state index in [0.29, 0.717) is 11.3 Å². The van der Waals surface area contributed by atoms with Gasteiger partial charge < -0.3 is 25.5 Å². The number of H-pyrrole nitrogens is 1. The maximum atomic E-state index is 13.3. The van der Waals surface area contributed by atoms with E-state index >= 15 is 0 Å². The van der Waals surface area contributed by atoms with Gasteiger partial charge >= 0.3 is 0 Å². The smallest absolute Gasteiger partial charge is 0.258 e. The number of imidazole rings is 1. The Labute approximate surface area is 191 Å². The number of amides is 2. The van der Waals surface area contributed by atoms with Gasteiger partial charge in [0.25, 0.3) is 5.91 Å². The second-order valence-electron chi connectivity index (χ2n) is 7.10. The second kappa shape index (κ2) is 11.0. The van der Waals surface area contributed by atoms with Crippen LogP contribution in [-0.4, -0.2) is 46.1 Å². The third-order valence-electron chi connectivity index (χ3n) is 4.53. The van der Waals surface area contributed by atoms with Crippen LogP contribution in [0.1, 0.15) is 18.7 Å². The molecule has 0 aliphatic carbocycles. The summed E-state index contributed by atoms with van der Waals surface area (Å²) in [6.45, 7) is -0.489. The van der Waals surface area contributed by atoms with Gasteiger partial charge in [0, 0.05) is 31.2 Å². The molecule has 0 radical (unpaired) electrons. The summed E-state index contributed by atoms with van der Waals surface area (Å²) in [5.41, 5.74) is 0.531. The lowest BCUT2D eigenvalue weighted by Gasteiger charge is -2.12. The minimum Gasteiger partial charge on any atom is -0.484 e.